The summed E-state index contributed by atoms with van der Waals surface area (Å²) in [6.07, 6.45) is 6.50. The molecule has 0 N–H and O–H groups in total. The first-order valence-electron chi connectivity index (χ1n) is 14.3. The van der Waals surface area contributed by atoms with Crippen molar-refractivity contribution >= 4 is 47.0 Å². The van der Waals surface area contributed by atoms with Crippen molar-refractivity contribution in [3.8, 4) is 0 Å². The van der Waals surface area contributed by atoms with Crippen LogP contribution in [0.15, 0.2) is 51.2 Å². The van der Waals surface area contributed by atoms with Gasteiger partial charge in [0.25, 0.3) is 5.91 Å². The summed E-state index contributed by atoms with van der Waals surface area (Å²) in [6.45, 7) is 21.3. The number of halogens is 1. The maximum Gasteiger partial charge on any atom is 0.259 e. The van der Waals surface area contributed by atoms with Crippen molar-refractivity contribution in [3.63, 3.8) is 0 Å². The molecule has 0 aromatic heterocycles. The number of likely N-dealkylation sites (N-methyl/N-ethyl adjacent to an activating group) is 1. The third-order valence-electron chi connectivity index (χ3n) is 6.59. The number of thioether (sulfide) groups is 1. The number of carbonyl (C=O) groups excluding carboxylic acids is 2. The first-order chi connectivity index (χ1) is 18.7. The number of benzene rings is 1. The molecule has 7 heteroatoms. The van der Waals surface area contributed by atoms with Crippen molar-refractivity contribution in [2.75, 3.05) is 33.2 Å². The molecule has 0 saturated carbocycles. The van der Waals surface area contributed by atoms with Crippen molar-refractivity contribution in [2.45, 2.75) is 80.1 Å². The van der Waals surface area contributed by atoms with Crippen molar-refractivity contribution in [1.29, 1.82) is 0 Å². The first-order valence-corrected chi connectivity index (χ1v) is 15.5. The first kappa shape index (κ1) is 34.7. The standard InChI is InChI=1S/C16H25N3OS.C12H11ClO.2C2H6/c1-13(15-17-8-7-9-18(15)3)12-21-14(2)16(20)19-10-5-4-6-11-19;1-7-11-4-3-10(13)5-9(11)6-12(7)8(2)14;2*1-2/h12H,2,4-11H2,1,3H3;3-7H,1-2H3;2*1-2H3/b13-12+;;;. The van der Waals surface area contributed by atoms with Crippen LogP contribution in [-0.4, -0.2) is 60.6 Å². The van der Waals surface area contributed by atoms with Gasteiger partial charge in [0.15, 0.2) is 5.78 Å². The third-order valence-corrected chi connectivity index (χ3v) is 7.75. The van der Waals surface area contributed by atoms with E-state index in [-0.39, 0.29) is 17.6 Å². The largest absolute Gasteiger partial charge is 0.360 e. The molecule has 1 fully saturated rings. The monoisotopic (exact) mass is 573 g/mol. The Balaban J connectivity index is 0.000000366. The van der Waals surface area contributed by atoms with Crippen LogP contribution in [0.25, 0.3) is 6.08 Å². The number of fused-ring (bicyclic) bond motifs is 1. The van der Waals surface area contributed by atoms with Crippen LogP contribution in [-0.2, 0) is 9.59 Å². The summed E-state index contributed by atoms with van der Waals surface area (Å²) in [7, 11) is 2.06. The van der Waals surface area contributed by atoms with E-state index in [2.05, 4.69) is 23.5 Å². The van der Waals surface area contributed by atoms with E-state index in [9.17, 15) is 9.59 Å². The number of carbonyl (C=O) groups is 2. The van der Waals surface area contributed by atoms with Gasteiger partial charge < -0.3 is 9.80 Å². The summed E-state index contributed by atoms with van der Waals surface area (Å²) in [5, 5.41) is 2.72. The molecule has 0 spiro atoms. The predicted octanol–water partition coefficient (Wildman–Crippen LogP) is 8.37. The third kappa shape index (κ3) is 10.3. The maximum atomic E-state index is 12.3. The molecule has 1 saturated heterocycles. The van der Waals surface area contributed by atoms with Gasteiger partial charge in [-0.2, -0.15) is 0 Å². The Kier molecular flexibility index (Phi) is 16.1. The lowest BCUT2D eigenvalue weighted by molar-refractivity contribution is -0.127. The molecule has 0 bridgehead atoms. The molecule has 2 aliphatic heterocycles. The molecular weight excluding hydrogens is 526 g/mol. The highest BCUT2D eigenvalue weighted by Crippen LogP contribution is 2.37. The van der Waals surface area contributed by atoms with Gasteiger partial charge in [0.2, 0.25) is 0 Å². The van der Waals surface area contributed by atoms with E-state index in [4.69, 9.17) is 11.6 Å². The van der Waals surface area contributed by atoms with Crippen LogP contribution in [0.2, 0.25) is 5.02 Å². The minimum atomic E-state index is 0.0858. The average molecular weight is 574 g/mol. The molecule has 1 atom stereocenters. The van der Waals surface area contributed by atoms with Gasteiger partial charge in [-0.25, -0.2) is 0 Å². The zero-order valence-electron chi connectivity index (χ0n) is 25.3. The Morgan fingerprint density at radius 3 is 2.28 bits per heavy atom. The van der Waals surface area contributed by atoms with Gasteiger partial charge in [-0.05, 0) is 79.8 Å². The van der Waals surface area contributed by atoms with Crippen molar-refractivity contribution in [1.82, 2.24) is 9.80 Å². The van der Waals surface area contributed by atoms with Gasteiger partial charge in [0.05, 0.1) is 4.91 Å². The number of amidine groups is 1. The van der Waals surface area contributed by atoms with Crippen LogP contribution in [0.4, 0.5) is 0 Å². The second-order valence-electron chi connectivity index (χ2n) is 9.33. The minimum Gasteiger partial charge on any atom is -0.360 e. The minimum absolute atomic E-state index is 0.0858. The molecule has 4 rings (SSSR count). The van der Waals surface area contributed by atoms with Gasteiger partial charge >= 0.3 is 0 Å². The highest BCUT2D eigenvalue weighted by Gasteiger charge is 2.24. The van der Waals surface area contributed by atoms with E-state index in [0.717, 1.165) is 73.0 Å². The topological polar surface area (TPSA) is 53.0 Å². The maximum absolute atomic E-state index is 12.3. The molecule has 1 aliphatic carbocycles. The van der Waals surface area contributed by atoms with Crippen molar-refractivity contribution in [3.05, 3.63) is 62.4 Å². The summed E-state index contributed by atoms with van der Waals surface area (Å²) < 4.78 is 0. The van der Waals surface area contributed by atoms with Gasteiger partial charge in [-0.3, -0.25) is 14.6 Å². The molecule has 2 heterocycles. The smallest absolute Gasteiger partial charge is 0.259 e. The Bertz CT molecular complexity index is 1070. The molecule has 216 valence electrons. The zero-order chi connectivity index (χ0) is 29.5. The van der Waals surface area contributed by atoms with E-state index in [0.29, 0.717) is 4.91 Å². The number of ketones is 1. The Labute approximate surface area is 246 Å². The summed E-state index contributed by atoms with van der Waals surface area (Å²) in [6, 6.07) is 5.77. The second-order valence-corrected chi connectivity index (χ2v) is 10.7. The zero-order valence-corrected chi connectivity index (χ0v) is 26.8. The SMILES string of the molecule is C=C(S/C=C(\C)C1=NCCCN1C)C(=O)N1CCCCC1.CC.CC.CC(=O)C1=Cc2cc(Cl)ccc2C1C. The van der Waals surface area contributed by atoms with E-state index in [1.807, 2.05) is 76.1 Å². The van der Waals surface area contributed by atoms with Crippen LogP contribution in [0.3, 0.4) is 0 Å². The van der Waals surface area contributed by atoms with Crippen LogP contribution >= 0.6 is 23.4 Å². The number of rotatable bonds is 5. The Morgan fingerprint density at radius 1 is 1.05 bits per heavy atom. The number of hydrogen-bond acceptors (Lipinski definition) is 5. The summed E-state index contributed by atoms with van der Waals surface area (Å²) >= 11 is 7.31. The second kappa shape index (κ2) is 18.1. The van der Waals surface area contributed by atoms with E-state index in [1.54, 1.807) is 6.92 Å². The Morgan fingerprint density at radius 2 is 1.69 bits per heavy atom. The molecule has 5 nitrogen and oxygen atoms in total. The van der Waals surface area contributed by atoms with Gasteiger partial charge in [-0.15, -0.1) is 0 Å². The summed E-state index contributed by atoms with van der Waals surface area (Å²) in [4.78, 5) is 32.9. The normalized spacial score (nSPS) is 18.1. The van der Waals surface area contributed by atoms with Crippen LogP contribution in [0.1, 0.15) is 91.2 Å². The van der Waals surface area contributed by atoms with E-state index in [1.165, 1.54) is 23.7 Å². The fraction of sp³-hybridized carbons (Fsp3) is 0.531. The predicted molar refractivity (Wildman–Crippen MR) is 172 cm³/mol. The highest BCUT2D eigenvalue weighted by molar-refractivity contribution is 8.06. The lowest BCUT2D eigenvalue weighted by Crippen LogP contribution is -2.35. The Hall–Kier alpha value is -2.31. The van der Waals surface area contributed by atoms with E-state index < -0.39 is 0 Å². The van der Waals surface area contributed by atoms with Crippen molar-refractivity contribution < 1.29 is 9.59 Å². The number of Topliss-reactive ketones (excluding diaryl/α,β-unsaturated/α-hetero) is 1. The molecule has 3 aliphatic rings. The lowest BCUT2D eigenvalue weighted by Gasteiger charge is -2.27. The highest BCUT2D eigenvalue weighted by atomic mass is 35.5. The molecule has 1 amide bonds. The van der Waals surface area contributed by atoms with Crippen LogP contribution in [0.5, 0.6) is 0 Å². The van der Waals surface area contributed by atoms with Crippen LogP contribution in [0, 0.1) is 0 Å². The molecule has 1 aromatic rings. The molecule has 1 unspecified atom stereocenters. The number of piperidine rings is 1. The fourth-order valence-electron chi connectivity index (χ4n) is 4.61. The summed E-state index contributed by atoms with van der Waals surface area (Å²) in [5.41, 5.74) is 4.26. The number of likely N-dealkylation sites (tertiary alicyclic amines) is 1. The quantitative estimate of drug-likeness (QED) is 0.332. The van der Waals surface area contributed by atoms with Crippen molar-refractivity contribution in [2.24, 2.45) is 4.99 Å². The van der Waals surface area contributed by atoms with E-state index >= 15 is 0 Å². The van der Waals surface area contributed by atoms with Gasteiger partial charge in [0.1, 0.15) is 5.84 Å². The fourth-order valence-corrected chi connectivity index (χ4v) is 5.45. The van der Waals surface area contributed by atoms with Gasteiger partial charge in [-0.1, -0.05) is 70.6 Å². The number of hydrogen-bond donors (Lipinski definition) is 0. The van der Waals surface area contributed by atoms with Gasteiger partial charge in [0, 0.05) is 49.7 Å². The molecule has 0 radical (unpaired) electrons. The molecule has 39 heavy (non-hydrogen) atoms. The number of amides is 1. The van der Waals surface area contributed by atoms with Crippen LogP contribution < -0.4 is 0 Å². The molecule has 1 aromatic carbocycles. The number of aliphatic imine (C=N–C) groups is 1. The summed E-state index contributed by atoms with van der Waals surface area (Å²) in [5.74, 6) is 1.47. The molecular formula is C32H48ClN3O2S. The number of allylic oxidation sites excluding steroid dienone is 1. The number of nitrogens with zero attached hydrogens (tertiary/aromatic N) is 3. The average Bonchev–Trinajstić information content (AvgIpc) is 3.30. The lowest BCUT2D eigenvalue weighted by atomic mass is 9.96.